The Morgan fingerprint density at radius 3 is 2.40 bits per heavy atom. The third kappa shape index (κ3) is 2.07. The van der Waals surface area contributed by atoms with Gasteiger partial charge in [-0.2, -0.15) is 0 Å². The molecule has 0 fully saturated rings. The van der Waals surface area contributed by atoms with Crippen LogP contribution in [-0.4, -0.2) is 4.98 Å². The largest absolute Gasteiger partial charge is 0.455 e. The van der Waals surface area contributed by atoms with Crippen molar-refractivity contribution in [3.8, 4) is 11.3 Å². The maximum Gasteiger partial charge on any atom is 0.147 e. The van der Waals surface area contributed by atoms with E-state index in [0.717, 1.165) is 44.1 Å². The smallest absolute Gasteiger partial charge is 0.147 e. The van der Waals surface area contributed by atoms with Gasteiger partial charge in [-0.15, -0.1) is 0 Å². The van der Waals surface area contributed by atoms with Crippen molar-refractivity contribution in [2.45, 2.75) is 13.8 Å². The molecule has 2 heterocycles. The molecule has 0 atom stereocenters. The Hall–Kier alpha value is -3.13. The molecular weight excluding hydrogens is 306 g/mol. The van der Waals surface area contributed by atoms with Crippen LogP contribution in [0.25, 0.3) is 44.1 Å². The second-order valence-corrected chi connectivity index (χ2v) is 6.60. The van der Waals surface area contributed by atoms with Crippen LogP contribution in [0.2, 0.25) is 0 Å². The van der Waals surface area contributed by atoms with Crippen LogP contribution in [0, 0.1) is 13.8 Å². The Labute approximate surface area is 145 Å². The van der Waals surface area contributed by atoms with Crippen LogP contribution in [0.15, 0.2) is 71.1 Å². The summed E-state index contributed by atoms with van der Waals surface area (Å²) in [5.74, 6) is 0. The van der Waals surface area contributed by atoms with Gasteiger partial charge < -0.3 is 4.42 Å². The molecule has 0 aliphatic rings. The minimum atomic E-state index is 0.906. The number of aromatic nitrogens is 1. The van der Waals surface area contributed by atoms with Crippen LogP contribution in [0.5, 0.6) is 0 Å². The summed E-state index contributed by atoms with van der Waals surface area (Å²) in [4.78, 5) is 5.06. The molecule has 3 aromatic carbocycles. The maximum absolute atomic E-state index is 6.31. The van der Waals surface area contributed by atoms with Gasteiger partial charge in [-0.1, -0.05) is 54.6 Å². The van der Waals surface area contributed by atoms with Crippen molar-refractivity contribution in [3.63, 3.8) is 0 Å². The number of rotatable bonds is 1. The number of pyridine rings is 1. The van der Waals surface area contributed by atoms with Crippen molar-refractivity contribution in [3.05, 3.63) is 77.9 Å². The van der Waals surface area contributed by atoms with Gasteiger partial charge in [0.1, 0.15) is 11.2 Å². The summed E-state index contributed by atoms with van der Waals surface area (Å²) < 4.78 is 6.31. The van der Waals surface area contributed by atoms with E-state index in [4.69, 9.17) is 9.40 Å². The van der Waals surface area contributed by atoms with Gasteiger partial charge in [0.25, 0.3) is 0 Å². The fraction of sp³-hybridized carbons (Fsp3) is 0.0870. The normalized spacial score (nSPS) is 11.6. The number of benzene rings is 3. The Kier molecular flexibility index (Phi) is 2.95. The summed E-state index contributed by atoms with van der Waals surface area (Å²) in [5.41, 5.74) is 7.34. The molecular formula is C23H17NO. The van der Waals surface area contributed by atoms with Crippen LogP contribution in [-0.2, 0) is 0 Å². The van der Waals surface area contributed by atoms with Gasteiger partial charge in [-0.3, -0.25) is 0 Å². The second kappa shape index (κ2) is 5.18. The van der Waals surface area contributed by atoms with E-state index in [-0.39, 0.29) is 0 Å². The third-order valence-electron chi connectivity index (χ3n) is 4.80. The van der Waals surface area contributed by atoms with Crippen molar-refractivity contribution in [1.82, 2.24) is 4.98 Å². The average Bonchev–Trinajstić information content (AvgIpc) is 3.00. The van der Waals surface area contributed by atoms with E-state index in [2.05, 4.69) is 62.4 Å². The molecule has 0 radical (unpaired) electrons. The standard InChI is InChI=1S/C23H17NO/c1-14-12-15(2)20-18(13-14)24-22(16-8-4-3-5-9-16)21-17-10-6-7-11-19(17)25-23(20)21/h3-13H,1-2H3. The lowest BCUT2D eigenvalue weighted by molar-refractivity contribution is 0.672. The average molecular weight is 323 g/mol. The van der Waals surface area contributed by atoms with E-state index in [9.17, 15) is 0 Å². The van der Waals surface area contributed by atoms with E-state index >= 15 is 0 Å². The molecule has 0 saturated carbocycles. The summed E-state index contributed by atoms with van der Waals surface area (Å²) in [6.07, 6.45) is 0. The van der Waals surface area contributed by atoms with Crippen LogP contribution in [0.3, 0.4) is 0 Å². The lowest BCUT2D eigenvalue weighted by Gasteiger charge is -2.09. The molecule has 0 saturated heterocycles. The number of aryl methyl sites for hydroxylation is 2. The Morgan fingerprint density at radius 1 is 0.800 bits per heavy atom. The molecule has 0 aliphatic heterocycles. The molecule has 5 rings (SSSR count). The zero-order chi connectivity index (χ0) is 17.0. The molecule has 0 aliphatic carbocycles. The first kappa shape index (κ1) is 14.2. The molecule has 2 aromatic heterocycles. The molecule has 25 heavy (non-hydrogen) atoms. The lowest BCUT2D eigenvalue weighted by Crippen LogP contribution is -1.91. The van der Waals surface area contributed by atoms with Crippen molar-refractivity contribution in [1.29, 1.82) is 0 Å². The van der Waals surface area contributed by atoms with Gasteiger partial charge in [-0.25, -0.2) is 4.98 Å². The van der Waals surface area contributed by atoms with Crippen LogP contribution in [0.1, 0.15) is 11.1 Å². The molecule has 0 amide bonds. The second-order valence-electron chi connectivity index (χ2n) is 6.60. The number of hydrogen-bond acceptors (Lipinski definition) is 2. The number of nitrogens with zero attached hydrogens (tertiary/aromatic N) is 1. The van der Waals surface area contributed by atoms with Crippen LogP contribution >= 0.6 is 0 Å². The first-order valence-corrected chi connectivity index (χ1v) is 8.50. The SMILES string of the molecule is Cc1cc(C)c2c(c1)nc(-c1ccccc1)c1c3ccccc3oc21. The van der Waals surface area contributed by atoms with Crippen molar-refractivity contribution in [2.75, 3.05) is 0 Å². The molecule has 2 heteroatoms. The van der Waals surface area contributed by atoms with Crippen molar-refractivity contribution in [2.24, 2.45) is 0 Å². The highest BCUT2D eigenvalue weighted by Crippen LogP contribution is 2.40. The number of hydrogen-bond donors (Lipinski definition) is 0. The Bertz CT molecular complexity index is 1250. The summed E-state index contributed by atoms with van der Waals surface area (Å²) in [7, 11) is 0. The zero-order valence-corrected chi connectivity index (χ0v) is 14.2. The van der Waals surface area contributed by atoms with Crippen molar-refractivity contribution < 1.29 is 4.42 Å². The van der Waals surface area contributed by atoms with Crippen LogP contribution < -0.4 is 0 Å². The van der Waals surface area contributed by atoms with Crippen molar-refractivity contribution >= 4 is 32.8 Å². The fourth-order valence-electron chi connectivity index (χ4n) is 3.77. The molecule has 0 spiro atoms. The van der Waals surface area contributed by atoms with Gasteiger partial charge in [0.2, 0.25) is 0 Å². The van der Waals surface area contributed by atoms with E-state index in [1.54, 1.807) is 0 Å². The Morgan fingerprint density at radius 2 is 1.56 bits per heavy atom. The number of furan rings is 1. The summed E-state index contributed by atoms with van der Waals surface area (Å²) in [6.45, 7) is 4.24. The lowest BCUT2D eigenvalue weighted by atomic mass is 9.99. The molecule has 0 bridgehead atoms. The molecule has 5 aromatic rings. The summed E-state index contributed by atoms with van der Waals surface area (Å²) in [6, 6.07) is 22.9. The van der Waals surface area contributed by atoms with Gasteiger partial charge >= 0.3 is 0 Å². The summed E-state index contributed by atoms with van der Waals surface area (Å²) in [5, 5.41) is 3.32. The predicted octanol–water partition coefficient (Wildman–Crippen LogP) is 6.42. The number of fused-ring (bicyclic) bond motifs is 5. The van der Waals surface area contributed by atoms with Gasteiger partial charge in [0.05, 0.1) is 16.6 Å². The first-order valence-electron chi connectivity index (χ1n) is 8.50. The van der Waals surface area contributed by atoms with Crippen LogP contribution in [0.4, 0.5) is 0 Å². The predicted molar refractivity (Wildman–Crippen MR) is 104 cm³/mol. The highest BCUT2D eigenvalue weighted by atomic mass is 16.3. The van der Waals surface area contributed by atoms with E-state index < -0.39 is 0 Å². The fourth-order valence-corrected chi connectivity index (χ4v) is 3.77. The first-order chi connectivity index (χ1) is 12.2. The topological polar surface area (TPSA) is 26.0 Å². The minimum Gasteiger partial charge on any atom is -0.455 e. The quantitative estimate of drug-likeness (QED) is 0.356. The molecule has 0 unspecified atom stereocenters. The van der Waals surface area contributed by atoms with E-state index in [0.29, 0.717) is 0 Å². The molecule has 0 N–H and O–H groups in total. The monoisotopic (exact) mass is 323 g/mol. The molecule has 120 valence electrons. The minimum absolute atomic E-state index is 0.906. The van der Waals surface area contributed by atoms with E-state index in [1.165, 1.54) is 11.1 Å². The molecule has 2 nitrogen and oxygen atoms in total. The van der Waals surface area contributed by atoms with Gasteiger partial charge in [-0.05, 0) is 37.1 Å². The zero-order valence-electron chi connectivity index (χ0n) is 14.2. The van der Waals surface area contributed by atoms with Gasteiger partial charge in [0.15, 0.2) is 0 Å². The summed E-state index contributed by atoms with van der Waals surface area (Å²) >= 11 is 0. The van der Waals surface area contributed by atoms with Gasteiger partial charge in [0, 0.05) is 16.3 Å². The third-order valence-corrected chi connectivity index (χ3v) is 4.80. The highest BCUT2D eigenvalue weighted by Gasteiger charge is 2.18. The Balaban J connectivity index is 2.07. The number of para-hydroxylation sites is 1. The maximum atomic E-state index is 6.31. The van der Waals surface area contributed by atoms with E-state index in [1.807, 2.05) is 18.2 Å². The highest BCUT2D eigenvalue weighted by molar-refractivity contribution is 6.19.